The van der Waals surface area contributed by atoms with Gasteiger partial charge in [-0.2, -0.15) is 0 Å². The van der Waals surface area contributed by atoms with Crippen molar-refractivity contribution in [3.05, 3.63) is 34.9 Å². The Morgan fingerprint density at radius 3 is 3.00 bits per heavy atom. The topological polar surface area (TPSA) is 15.8 Å². The van der Waals surface area contributed by atoms with E-state index in [1.165, 1.54) is 12.0 Å². The number of hydrogen-bond acceptors (Lipinski definition) is 2. The molecule has 0 bridgehead atoms. The molecule has 0 aromatic heterocycles. The van der Waals surface area contributed by atoms with Gasteiger partial charge in [-0.1, -0.05) is 29.8 Å². The van der Waals surface area contributed by atoms with Gasteiger partial charge in [0.05, 0.1) is 12.2 Å². The number of nitrogens with zero attached hydrogens (tertiary/aromatic N) is 1. The molecule has 0 aliphatic carbocycles. The number of piperidine rings is 1. The van der Waals surface area contributed by atoms with Gasteiger partial charge in [-0.05, 0) is 18.1 Å². The molecule has 80 valence electrons. The fraction of sp³-hybridized carbons (Fsp3) is 0.500. The lowest BCUT2D eigenvalue weighted by Crippen LogP contribution is -2.34. The molecule has 1 aromatic rings. The van der Waals surface area contributed by atoms with Gasteiger partial charge in [-0.3, -0.25) is 4.90 Å². The molecule has 0 amide bonds. The molecule has 2 aliphatic rings. The summed E-state index contributed by atoms with van der Waals surface area (Å²) in [6.07, 6.45) is 2.24. The van der Waals surface area contributed by atoms with E-state index in [4.69, 9.17) is 16.3 Å². The van der Waals surface area contributed by atoms with Crippen LogP contribution in [0.3, 0.4) is 0 Å². The molecule has 2 atom stereocenters. The maximum Gasteiger partial charge on any atom is 0.0969 e. The van der Waals surface area contributed by atoms with E-state index >= 15 is 0 Å². The van der Waals surface area contributed by atoms with Gasteiger partial charge in [-0.15, -0.1) is 0 Å². The zero-order valence-corrected chi connectivity index (χ0v) is 9.28. The van der Waals surface area contributed by atoms with Crippen LogP contribution in [0.15, 0.2) is 24.3 Å². The fourth-order valence-electron chi connectivity index (χ4n) is 2.26. The third-order valence-electron chi connectivity index (χ3n) is 3.21. The first-order valence-corrected chi connectivity index (χ1v) is 5.82. The molecule has 15 heavy (non-hydrogen) atoms. The Morgan fingerprint density at radius 1 is 1.33 bits per heavy atom. The summed E-state index contributed by atoms with van der Waals surface area (Å²) in [5.74, 6) is 0. The number of likely N-dealkylation sites (tertiary alicyclic amines) is 1. The van der Waals surface area contributed by atoms with Crippen LogP contribution in [-0.4, -0.2) is 30.2 Å². The number of halogens is 1. The van der Waals surface area contributed by atoms with Crippen LogP contribution in [0.4, 0.5) is 0 Å². The van der Waals surface area contributed by atoms with Crippen molar-refractivity contribution in [1.82, 2.24) is 4.90 Å². The Balaban J connectivity index is 1.67. The van der Waals surface area contributed by atoms with Crippen molar-refractivity contribution in [3.8, 4) is 0 Å². The molecule has 0 N–H and O–H groups in total. The molecule has 2 fully saturated rings. The number of fused-ring (bicyclic) bond motifs is 1. The van der Waals surface area contributed by atoms with Crippen molar-refractivity contribution in [3.63, 3.8) is 0 Å². The number of ether oxygens (including phenoxy) is 1. The van der Waals surface area contributed by atoms with Gasteiger partial charge in [0.2, 0.25) is 0 Å². The van der Waals surface area contributed by atoms with E-state index in [2.05, 4.69) is 11.0 Å². The molecule has 3 heteroatoms. The van der Waals surface area contributed by atoms with Crippen LogP contribution in [0.5, 0.6) is 0 Å². The van der Waals surface area contributed by atoms with Crippen molar-refractivity contribution in [2.24, 2.45) is 0 Å². The predicted octanol–water partition coefficient (Wildman–Crippen LogP) is 2.31. The van der Waals surface area contributed by atoms with E-state index in [1.807, 2.05) is 18.2 Å². The van der Waals surface area contributed by atoms with E-state index in [0.717, 1.165) is 24.7 Å². The first-order valence-electron chi connectivity index (χ1n) is 5.44. The Bertz CT molecular complexity index is 368. The lowest BCUT2D eigenvalue weighted by Gasteiger charge is -2.24. The Hall–Kier alpha value is -0.570. The highest BCUT2D eigenvalue weighted by Gasteiger charge is 2.43. The van der Waals surface area contributed by atoms with E-state index in [1.54, 1.807) is 0 Å². The van der Waals surface area contributed by atoms with Gasteiger partial charge in [0, 0.05) is 24.7 Å². The van der Waals surface area contributed by atoms with E-state index < -0.39 is 0 Å². The molecule has 3 rings (SSSR count). The van der Waals surface area contributed by atoms with Gasteiger partial charge in [-0.25, -0.2) is 0 Å². The molecule has 2 aliphatic heterocycles. The standard InChI is InChI=1S/C12H14ClNO/c13-10-4-2-1-3-9(10)7-14-6-5-11-12(8-14)15-11/h1-4,11-12H,5-8H2/t11-,12+/m1/s1. The molecule has 2 heterocycles. The maximum atomic E-state index is 6.13. The largest absolute Gasteiger partial charge is 0.368 e. The first kappa shape index (κ1) is 9.64. The number of rotatable bonds is 2. The van der Waals surface area contributed by atoms with Crippen LogP contribution in [0.2, 0.25) is 5.02 Å². The Kier molecular flexibility index (Phi) is 2.43. The Morgan fingerprint density at radius 2 is 2.20 bits per heavy atom. The van der Waals surface area contributed by atoms with E-state index in [0.29, 0.717) is 12.2 Å². The fourth-order valence-corrected chi connectivity index (χ4v) is 2.46. The third-order valence-corrected chi connectivity index (χ3v) is 3.58. The molecule has 0 spiro atoms. The van der Waals surface area contributed by atoms with Crippen LogP contribution in [0, 0.1) is 0 Å². The summed E-state index contributed by atoms with van der Waals surface area (Å²) in [7, 11) is 0. The average molecular weight is 224 g/mol. The second-order valence-corrected chi connectivity index (χ2v) is 4.74. The maximum absolute atomic E-state index is 6.13. The zero-order chi connectivity index (χ0) is 10.3. The molecule has 2 saturated heterocycles. The second kappa shape index (κ2) is 3.78. The molecule has 0 unspecified atom stereocenters. The summed E-state index contributed by atoms with van der Waals surface area (Å²) < 4.78 is 5.50. The van der Waals surface area contributed by atoms with Gasteiger partial charge in [0.1, 0.15) is 0 Å². The Labute approximate surface area is 94.8 Å². The highest BCUT2D eigenvalue weighted by Crippen LogP contribution is 2.31. The summed E-state index contributed by atoms with van der Waals surface area (Å²) in [4.78, 5) is 2.43. The van der Waals surface area contributed by atoms with Crippen molar-refractivity contribution in [2.75, 3.05) is 13.1 Å². The van der Waals surface area contributed by atoms with Crippen LogP contribution >= 0.6 is 11.6 Å². The summed E-state index contributed by atoms with van der Waals surface area (Å²) in [6.45, 7) is 3.15. The SMILES string of the molecule is Clc1ccccc1CN1CC[C@H]2O[C@H]2C1. The van der Waals surface area contributed by atoms with Crippen molar-refractivity contribution < 1.29 is 4.74 Å². The smallest absolute Gasteiger partial charge is 0.0969 e. The molecule has 2 nitrogen and oxygen atoms in total. The van der Waals surface area contributed by atoms with Gasteiger partial charge in [0.25, 0.3) is 0 Å². The van der Waals surface area contributed by atoms with Crippen molar-refractivity contribution >= 4 is 11.6 Å². The highest BCUT2D eigenvalue weighted by atomic mass is 35.5. The summed E-state index contributed by atoms with van der Waals surface area (Å²) in [6, 6.07) is 8.07. The monoisotopic (exact) mass is 223 g/mol. The summed E-state index contributed by atoms with van der Waals surface area (Å²) in [5, 5.41) is 0.872. The first-order chi connectivity index (χ1) is 7.33. The molecule has 0 radical (unpaired) electrons. The highest BCUT2D eigenvalue weighted by molar-refractivity contribution is 6.31. The number of benzene rings is 1. The molecule has 0 saturated carbocycles. The molecular weight excluding hydrogens is 210 g/mol. The van der Waals surface area contributed by atoms with Gasteiger partial charge < -0.3 is 4.74 Å². The van der Waals surface area contributed by atoms with E-state index in [9.17, 15) is 0 Å². The van der Waals surface area contributed by atoms with Crippen LogP contribution in [-0.2, 0) is 11.3 Å². The van der Waals surface area contributed by atoms with Crippen molar-refractivity contribution in [2.45, 2.75) is 25.2 Å². The minimum absolute atomic E-state index is 0.501. The summed E-state index contributed by atoms with van der Waals surface area (Å²) in [5.41, 5.74) is 1.22. The molecular formula is C12H14ClNO. The van der Waals surface area contributed by atoms with Crippen molar-refractivity contribution in [1.29, 1.82) is 0 Å². The van der Waals surface area contributed by atoms with E-state index in [-0.39, 0.29) is 0 Å². The lowest BCUT2D eigenvalue weighted by atomic mass is 10.1. The quantitative estimate of drug-likeness (QED) is 0.716. The minimum Gasteiger partial charge on any atom is -0.368 e. The normalized spacial score (nSPS) is 29.9. The minimum atomic E-state index is 0.501. The van der Waals surface area contributed by atoms with Crippen LogP contribution < -0.4 is 0 Å². The summed E-state index contributed by atoms with van der Waals surface area (Å²) >= 11 is 6.13. The van der Waals surface area contributed by atoms with Gasteiger partial charge >= 0.3 is 0 Å². The lowest BCUT2D eigenvalue weighted by molar-refractivity contribution is 0.237. The third kappa shape index (κ3) is 2.03. The molecule has 1 aromatic carbocycles. The van der Waals surface area contributed by atoms with Crippen LogP contribution in [0.1, 0.15) is 12.0 Å². The average Bonchev–Trinajstić information content (AvgIpc) is 3.00. The van der Waals surface area contributed by atoms with Gasteiger partial charge in [0.15, 0.2) is 0 Å². The second-order valence-electron chi connectivity index (χ2n) is 4.33. The zero-order valence-electron chi connectivity index (χ0n) is 8.53. The predicted molar refractivity (Wildman–Crippen MR) is 60.0 cm³/mol. The number of hydrogen-bond donors (Lipinski definition) is 0. The number of epoxide rings is 1. The van der Waals surface area contributed by atoms with Crippen LogP contribution in [0.25, 0.3) is 0 Å².